The van der Waals surface area contributed by atoms with Gasteiger partial charge in [0.1, 0.15) is 0 Å². The molecule has 1 fully saturated rings. The summed E-state index contributed by atoms with van der Waals surface area (Å²) in [5.74, 6) is 0.221. The van der Waals surface area contributed by atoms with Crippen molar-refractivity contribution in [3.05, 3.63) is 40.4 Å². The highest BCUT2D eigenvalue weighted by Gasteiger charge is 2.29. The first kappa shape index (κ1) is 16.1. The molecule has 2 atom stereocenters. The molecule has 1 aliphatic rings. The van der Waals surface area contributed by atoms with Crippen LogP contribution in [0.15, 0.2) is 29.8 Å². The standard InChI is InChI=1S/C17H22ClNO2/c1-12(9-15-5-3-4-6-16(15)18)17(21)19-10-14(11-20)8-7-13(19)2/h3-6,9,13-14,20H,7-8,10-11H2,1-2H3/b12-9+. The highest BCUT2D eigenvalue weighted by atomic mass is 35.5. The van der Waals surface area contributed by atoms with E-state index >= 15 is 0 Å². The Morgan fingerprint density at radius 3 is 2.81 bits per heavy atom. The number of aliphatic hydroxyl groups is 1. The van der Waals surface area contributed by atoms with E-state index in [0.29, 0.717) is 17.1 Å². The van der Waals surface area contributed by atoms with E-state index in [4.69, 9.17) is 11.6 Å². The zero-order valence-corrected chi connectivity index (χ0v) is 13.3. The summed E-state index contributed by atoms with van der Waals surface area (Å²) >= 11 is 6.13. The number of piperidine rings is 1. The van der Waals surface area contributed by atoms with Gasteiger partial charge in [0.05, 0.1) is 0 Å². The SMILES string of the molecule is C/C(=C\c1ccccc1Cl)C(=O)N1CC(CO)CCC1C. The van der Waals surface area contributed by atoms with Gasteiger partial charge in [0.15, 0.2) is 0 Å². The second-order valence-corrected chi connectivity index (χ2v) is 6.19. The number of halogens is 1. The number of nitrogens with zero attached hydrogens (tertiary/aromatic N) is 1. The van der Waals surface area contributed by atoms with Gasteiger partial charge in [0.2, 0.25) is 5.91 Å². The molecule has 1 aromatic rings. The van der Waals surface area contributed by atoms with Crippen molar-refractivity contribution in [1.29, 1.82) is 0 Å². The van der Waals surface area contributed by atoms with Crippen molar-refractivity contribution in [2.75, 3.05) is 13.2 Å². The van der Waals surface area contributed by atoms with Crippen LogP contribution in [0.5, 0.6) is 0 Å². The van der Waals surface area contributed by atoms with Gasteiger partial charge in [-0.1, -0.05) is 29.8 Å². The molecule has 1 N–H and O–H groups in total. The topological polar surface area (TPSA) is 40.5 Å². The zero-order valence-electron chi connectivity index (χ0n) is 12.6. The Morgan fingerprint density at radius 2 is 2.14 bits per heavy atom. The molecule has 0 saturated carbocycles. The van der Waals surface area contributed by atoms with Crippen LogP contribution < -0.4 is 0 Å². The van der Waals surface area contributed by atoms with Crippen molar-refractivity contribution >= 4 is 23.6 Å². The zero-order chi connectivity index (χ0) is 15.4. The van der Waals surface area contributed by atoms with Crippen molar-refractivity contribution in [2.45, 2.75) is 32.7 Å². The number of aliphatic hydroxyl groups excluding tert-OH is 1. The molecule has 0 aliphatic carbocycles. The third-order valence-electron chi connectivity index (χ3n) is 4.11. The van der Waals surface area contributed by atoms with Gasteiger partial charge in [-0.05, 0) is 50.3 Å². The molecule has 1 aliphatic heterocycles. The molecule has 1 aromatic carbocycles. The predicted molar refractivity (Wildman–Crippen MR) is 86.1 cm³/mol. The normalized spacial score (nSPS) is 23.2. The summed E-state index contributed by atoms with van der Waals surface area (Å²) in [5.41, 5.74) is 1.53. The van der Waals surface area contributed by atoms with Crippen LogP contribution in [0.25, 0.3) is 6.08 Å². The van der Waals surface area contributed by atoms with E-state index < -0.39 is 0 Å². The molecule has 21 heavy (non-hydrogen) atoms. The Morgan fingerprint density at radius 1 is 1.43 bits per heavy atom. The van der Waals surface area contributed by atoms with Crippen molar-refractivity contribution in [3.8, 4) is 0 Å². The average molecular weight is 308 g/mol. The quantitative estimate of drug-likeness (QED) is 0.870. The van der Waals surface area contributed by atoms with Crippen molar-refractivity contribution in [2.24, 2.45) is 5.92 Å². The predicted octanol–water partition coefficient (Wildman–Crippen LogP) is 3.36. The summed E-state index contributed by atoms with van der Waals surface area (Å²) in [6.07, 6.45) is 3.75. The van der Waals surface area contributed by atoms with Crippen molar-refractivity contribution < 1.29 is 9.90 Å². The lowest BCUT2D eigenvalue weighted by Gasteiger charge is -2.37. The van der Waals surface area contributed by atoms with E-state index in [1.807, 2.05) is 42.2 Å². The largest absolute Gasteiger partial charge is 0.396 e. The van der Waals surface area contributed by atoms with Crippen LogP contribution in [0.1, 0.15) is 32.3 Å². The number of carbonyl (C=O) groups excluding carboxylic acids is 1. The van der Waals surface area contributed by atoms with Gasteiger partial charge in [0, 0.05) is 29.8 Å². The highest BCUT2D eigenvalue weighted by molar-refractivity contribution is 6.32. The average Bonchev–Trinajstić information content (AvgIpc) is 2.49. The van der Waals surface area contributed by atoms with E-state index in [2.05, 4.69) is 6.92 Å². The lowest BCUT2D eigenvalue weighted by molar-refractivity contribution is -0.131. The Labute approximate surface area is 131 Å². The van der Waals surface area contributed by atoms with Gasteiger partial charge >= 0.3 is 0 Å². The molecule has 0 bridgehead atoms. The van der Waals surface area contributed by atoms with Crippen molar-refractivity contribution in [3.63, 3.8) is 0 Å². The minimum atomic E-state index is 0.0283. The fourth-order valence-corrected chi connectivity index (χ4v) is 2.92. The summed E-state index contributed by atoms with van der Waals surface area (Å²) in [7, 11) is 0. The third kappa shape index (κ3) is 3.86. The Bertz CT molecular complexity index is 541. The van der Waals surface area contributed by atoms with Gasteiger partial charge in [-0.3, -0.25) is 4.79 Å². The maximum absolute atomic E-state index is 12.6. The molecule has 0 radical (unpaired) electrons. The fourth-order valence-electron chi connectivity index (χ4n) is 2.73. The number of benzene rings is 1. The minimum Gasteiger partial charge on any atom is -0.396 e. The van der Waals surface area contributed by atoms with E-state index in [-0.39, 0.29) is 24.5 Å². The van der Waals surface area contributed by atoms with Gasteiger partial charge in [-0.25, -0.2) is 0 Å². The monoisotopic (exact) mass is 307 g/mol. The molecule has 0 aromatic heterocycles. The number of hydrogen-bond donors (Lipinski definition) is 1. The number of likely N-dealkylation sites (tertiary alicyclic amines) is 1. The molecule has 1 saturated heterocycles. The van der Waals surface area contributed by atoms with Gasteiger partial charge in [0.25, 0.3) is 0 Å². The fraction of sp³-hybridized carbons (Fsp3) is 0.471. The van der Waals surface area contributed by atoms with E-state index in [9.17, 15) is 9.90 Å². The van der Waals surface area contributed by atoms with Crippen LogP contribution in [0.3, 0.4) is 0 Å². The van der Waals surface area contributed by atoms with E-state index in [1.165, 1.54) is 0 Å². The van der Waals surface area contributed by atoms with Gasteiger partial charge < -0.3 is 10.0 Å². The minimum absolute atomic E-state index is 0.0283. The molecule has 4 heteroatoms. The molecule has 0 spiro atoms. The van der Waals surface area contributed by atoms with E-state index in [0.717, 1.165) is 18.4 Å². The maximum Gasteiger partial charge on any atom is 0.249 e. The molecule has 114 valence electrons. The Balaban J connectivity index is 2.16. The molecule has 1 amide bonds. The molecule has 2 unspecified atom stereocenters. The third-order valence-corrected chi connectivity index (χ3v) is 4.46. The van der Waals surface area contributed by atoms with Crippen LogP contribution in [-0.2, 0) is 4.79 Å². The van der Waals surface area contributed by atoms with Crippen molar-refractivity contribution in [1.82, 2.24) is 4.90 Å². The van der Waals surface area contributed by atoms with Gasteiger partial charge in [-0.15, -0.1) is 0 Å². The maximum atomic E-state index is 12.6. The summed E-state index contributed by atoms with van der Waals surface area (Å²) in [6.45, 7) is 4.66. The summed E-state index contributed by atoms with van der Waals surface area (Å²) in [4.78, 5) is 14.5. The second-order valence-electron chi connectivity index (χ2n) is 5.78. The lowest BCUT2D eigenvalue weighted by Crippen LogP contribution is -2.46. The molecular weight excluding hydrogens is 286 g/mol. The Kier molecular flexibility index (Phi) is 5.43. The first-order valence-electron chi connectivity index (χ1n) is 7.37. The first-order chi connectivity index (χ1) is 10.0. The number of amides is 1. The van der Waals surface area contributed by atoms with E-state index in [1.54, 1.807) is 0 Å². The Hall–Kier alpha value is -1.32. The number of rotatable bonds is 3. The van der Waals surface area contributed by atoms with Crippen LogP contribution in [-0.4, -0.2) is 35.1 Å². The van der Waals surface area contributed by atoms with Gasteiger partial charge in [-0.2, -0.15) is 0 Å². The second kappa shape index (κ2) is 7.10. The highest BCUT2D eigenvalue weighted by Crippen LogP contribution is 2.24. The van der Waals surface area contributed by atoms with Crippen LogP contribution in [0.2, 0.25) is 5.02 Å². The lowest BCUT2D eigenvalue weighted by atomic mass is 9.93. The molecule has 1 heterocycles. The number of carbonyl (C=O) groups is 1. The van der Waals surface area contributed by atoms with Crippen LogP contribution in [0.4, 0.5) is 0 Å². The summed E-state index contributed by atoms with van der Waals surface area (Å²) < 4.78 is 0. The van der Waals surface area contributed by atoms with Crippen LogP contribution >= 0.6 is 11.6 Å². The first-order valence-corrected chi connectivity index (χ1v) is 7.75. The number of hydrogen-bond acceptors (Lipinski definition) is 2. The smallest absolute Gasteiger partial charge is 0.249 e. The summed E-state index contributed by atoms with van der Waals surface area (Å²) in [6, 6.07) is 7.71. The molecule has 3 nitrogen and oxygen atoms in total. The van der Waals surface area contributed by atoms with Crippen LogP contribution in [0, 0.1) is 5.92 Å². The molecule has 2 rings (SSSR count). The summed E-state index contributed by atoms with van der Waals surface area (Å²) in [5, 5.41) is 9.96. The molecular formula is C17H22ClNO2.